The van der Waals surface area contributed by atoms with E-state index in [0.717, 1.165) is 5.56 Å². The van der Waals surface area contributed by atoms with Crippen molar-refractivity contribution in [2.45, 2.75) is 13.3 Å². The summed E-state index contributed by atoms with van der Waals surface area (Å²) < 4.78 is 0. The Balaban J connectivity index is 2.36. The number of carbonyl (C=O) groups is 2. The first-order chi connectivity index (χ1) is 9.41. The molecule has 0 saturated heterocycles. The van der Waals surface area contributed by atoms with Crippen LogP contribution in [0.5, 0.6) is 0 Å². The lowest BCUT2D eigenvalue weighted by Gasteiger charge is -2.20. The Kier molecular flexibility index (Phi) is 6.31. The van der Waals surface area contributed by atoms with E-state index in [-0.39, 0.29) is 12.6 Å². The van der Waals surface area contributed by atoms with E-state index in [2.05, 4.69) is 5.32 Å². The van der Waals surface area contributed by atoms with Gasteiger partial charge in [-0.25, -0.2) is 4.79 Å². The van der Waals surface area contributed by atoms with Gasteiger partial charge in [0.05, 0.1) is 5.92 Å². The number of benzene rings is 1. The van der Waals surface area contributed by atoms with Crippen molar-refractivity contribution >= 4 is 23.6 Å². The van der Waals surface area contributed by atoms with Gasteiger partial charge in [0.1, 0.15) is 0 Å². The van der Waals surface area contributed by atoms with Crippen LogP contribution in [0.25, 0.3) is 0 Å². The van der Waals surface area contributed by atoms with Crippen molar-refractivity contribution in [3.05, 3.63) is 34.9 Å². The molecule has 5 nitrogen and oxygen atoms in total. The van der Waals surface area contributed by atoms with Gasteiger partial charge >= 0.3 is 12.0 Å². The second kappa shape index (κ2) is 7.75. The molecule has 0 aliphatic carbocycles. The van der Waals surface area contributed by atoms with Gasteiger partial charge in [0.15, 0.2) is 0 Å². The molecule has 2 N–H and O–H groups in total. The molecule has 20 heavy (non-hydrogen) atoms. The molecule has 0 aromatic heterocycles. The zero-order valence-corrected chi connectivity index (χ0v) is 12.4. The van der Waals surface area contributed by atoms with E-state index in [1.807, 2.05) is 18.2 Å². The Morgan fingerprint density at radius 2 is 2.05 bits per heavy atom. The molecular formula is C14H19ClN2O3. The number of nitrogens with zero attached hydrogens (tertiary/aromatic N) is 1. The molecule has 1 atom stereocenters. The number of amides is 2. The van der Waals surface area contributed by atoms with Gasteiger partial charge in [-0.1, -0.05) is 36.7 Å². The van der Waals surface area contributed by atoms with Crippen molar-refractivity contribution < 1.29 is 14.7 Å². The fraction of sp³-hybridized carbons (Fsp3) is 0.429. The lowest BCUT2D eigenvalue weighted by Crippen LogP contribution is -2.41. The van der Waals surface area contributed by atoms with E-state index in [4.69, 9.17) is 16.7 Å². The second-order valence-corrected chi connectivity index (χ2v) is 5.10. The minimum Gasteiger partial charge on any atom is -0.481 e. The van der Waals surface area contributed by atoms with Crippen molar-refractivity contribution in [3.63, 3.8) is 0 Å². The zero-order chi connectivity index (χ0) is 15.1. The third kappa shape index (κ3) is 5.09. The number of carboxylic acids is 1. The Bertz CT molecular complexity index is 479. The van der Waals surface area contributed by atoms with Gasteiger partial charge in [-0.15, -0.1) is 0 Å². The lowest BCUT2D eigenvalue weighted by molar-refractivity contribution is -0.141. The quantitative estimate of drug-likeness (QED) is 0.846. The first-order valence-corrected chi connectivity index (χ1v) is 6.74. The van der Waals surface area contributed by atoms with Crippen molar-refractivity contribution in [1.82, 2.24) is 10.2 Å². The number of carboxylic acid groups (broad SMARTS) is 1. The molecule has 0 saturated carbocycles. The number of rotatable bonds is 6. The molecule has 0 spiro atoms. The molecule has 0 aliphatic rings. The number of carbonyl (C=O) groups excluding carboxylic acids is 1. The minimum absolute atomic E-state index is 0.174. The molecule has 0 bridgehead atoms. The topological polar surface area (TPSA) is 69.6 Å². The van der Waals surface area contributed by atoms with Crippen LogP contribution in [0, 0.1) is 5.92 Å². The maximum Gasteiger partial charge on any atom is 0.317 e. The number of halogens is 1. The highest BCUT2D eigenvalue weighted by Gasteiger charge is 2.16. The van der Waals surface area contributed by atoms with E-state index in [0.29, 0.717) is 18.0 Å². The van der Waals surface area contributed by atoms with Gasteiger partial charge in [0.25, 0.3) is 0 Å². The Hall–Kier alpha value is -1.75. The van der Waals surface area contributed by atoms with Crippen molar-refractivity contribution in [2.24, 2.45) is 5.92 Å². The largest absolute Gasteiger partial charge is 0.481 e. The Morgan fingerprint density at radius 3 is 2.65 bits per heavy atom. The predicted octanol–water partition coefficient (Wildman–Crippen LogP) is 2.24. The summed E-state index contributed by atoms with van der Waals surface area (Å²) in [7, 11) is 1.57. The highest BCUT2D eigenvalue weighted by molar-refractivity contribution is 6.31. The van der Waals surface area contributed by atoms with Crippen LogP contribution in [0.15, 0.2) is 24.3 Å². The highest BCUT2D eigenvalue weighted by atomic mass is 35.5. The molecule has 1 rings (SSSR count). The van der Waals surface area contributed by atoms with E-state index in [1.54, 1.807) is 20.0 Å². The summed E-state index contributed by atoms with van der Waals surface area (Å²) in [5, 5.41) is 12.2. The van der Waals surface area contributed by atoms with Gasteiger partial charge in [-0.3, -0.25) is 4.79 Å². The first kappa shape index (κ1) is 16.3. The molecular weight excluding hydrogens is 280 g/mol. The SMILES string of the molecule is CC(CN(C)C(=O)NCCc1ccccc1Cl)C(=O)O. The molecule has 110 valence electrons. The number of hydrogen-bond donors (Lipinski definition) is 2. The van der Waals surface area contributed by atoms with Gasteiger partial charge in [-0.2, -0.15) is 0 Å². The number of aliphatic carboxylic acids is 1. The van der Waals surface area contributed by atoms with Crippen LogP contribution in [-0.4, -0.2) is 42.1 Å². The van der Waals surface area contributed by atoms with Crippen LogP contribution in [0.4, 0.5) is 4.79 Å². The summed E-state index contributed by atoms with van der Waals surface area (Å²) in [6.45, 7) is 2.19. The normalized spacial score (nSPS) is 11.8. The van der Waals surface area contributed by atoms with Crippen LogP contribution in [-0.2, 0) is 11.2 Å². The third-order valence-electron chi connectivity index (χ3n) is 2.94. The van der Waals surface area contributed by atoms with Crippen molar-refractivity contribution in [3.8, 4) is 0 Å². The molecule has 0 heterocycles. The van der Waals surface area contributed by atoms with E-state index >= 15 is 0 Å². The monoisotopic (exact) mass is 298 g/mol. The molecule has 6 heteroatoms. The molecule has 1 aromatic carbocycles. The van der Waals surface area contributed by atoms with E-state index in [1.165, 1.54) is 4.90 Å². The number of urea groups is 1. The maximum absolute atomic E-state index is 11.8. The van der Waals surface area contributed by atoms with Crippen molar-refractivity contribution in [1.29, 1.82) is 0 Å². The third-order valence-corrected chi connectivity index (χ3v) is 3.31. The highest BCUT2D eigenvalue weighted by Crippen LogP contribution is 2.14. The van der Waals surface area contributed by atoms with E-state index < -0.39 is 11.9 Å². The molecule has 1 unspecified atom stereocenters. The standard InChI is InChI=1S/C14H19ClN2O3/c1-10(13(18)19)9-17(2)14(20)16-8-7-11-5-3-4-6-12(11)15/h3-6,10H,7-9H2,1-2H3,(H,16,20)(H,18,19). The summed E-state index contributed by atoms with van der Waals surface area (Å²) in [4.78, 5) is 23.9. The van der Waals surface area contributed by atoms with Crippen LogP contribution in [0.3, 0.4) is 0 Å². The molecule has 0 aliphatic heterocycles. The molecule has 0 radical (unpaired) electrons. The van der Waals surface area contributed by atoms with E-state index in [9.17, 15) is 9.59 Å². The number of nitrogens with one attached hydrogen (secondary N) is 1. The predicted molar refractivity (Wildman–Crippen MR) is 78.0 cm³/mol. The van der Waals surface area contributed by atoms with Gasteiger partial charge in [0, 0.05) is 25.2 Å². The maximum atomic E-state index is 11.8. The first-order valence-electron chi connectivity index (χ1n) is 6.37. The second-order valence-electron chi connectivity index (χ2n) is 4.69. The van der Waals surface area contributed by atoms with Gasteiger partial charge in [0.2, 0.25) is 0 Å². The fourth-order valence-electron chi connectivity index (χ4n) is 1.71. The summed E-state index contributed by atoms with van der Waals surface area (Å²) >= 11 is 6.02. The fourth-order valence-corrected chi connectivity index (χ4v) is 1.94. The Labute approximate surface area is 123 Å². The average Bonchev–Trinajstić information content (AvgIpc) is 2.40. The van der Waals surface area contributed by atoms with Gasteiger partial charge < -0.3 is 15.3 Å². The summed E-state index contributed by atoms with van der Waals surface area (Å²) in [5.74, 6) is -1.50. The summed E-state index contributed by atoms with van der Waals surface area (Å²) in [5.41, 5.74) is 0.969. The average molecular weight is 299 g/mol. The lowest BCUT2D eigenvalue weighted by atomic mass is 10.1. The van der Waals surface area contributed by atoms with Gasteiger partial charge in [-0.05, 0) is 18.1 Å². The number of hydrogen-bond acceptors (Lipinski definition) is 2. The zero-order valence-electron chi connectivity index (χ0n) is 11.6. The molecule has 0 fully saturated rings. The molecule has 2 amide bonds. The minimum atomic E-state index is -0.916. The smallest absolute Gasteiger partial charge is 0.317 e. The van der Waals surface area contributed by atoms with Crippen LogP contribution < -0.4 is 5.32 Å². The van der Waals surface area contributed by atoms with Crippen LogP contribution in [0.2, 0.25) is 5.02 Å². The molecule has 1 aromatic rings. The van der Waals surface area contributed by atoms with Crippen LogP contribution >= 0.6 is 11.6 Å². The van der Waals surface area contributed by atoms with Crippen molar-refractivity contribution in [2.75, 3.05) is 20.1 Å². The Morgan fingerprint density at radius 1 is 1.40 bits per heavy atom. The summed E-state index contributed by atoms with van der Waals surface area (Å²) in [6, 6.07) is 7.17. The summed E-state index contributed by atoms with van der Waals surface area (Å²) in [6.07, 6.45) is 0.633. The van der Waals surface area contributed by atoms with Crippen LogP contribution in [0.1, 0.15) is 12.5 Å².